The number of nitrogens with zero attached hydrogens (tertiary/aromatic N) is 2. The van der Waals surface area contributed by atoms with Crippen molar-refractivity contribution in [3.63, 3.8) is 0 Å². The minimum atomic E-state index is 0.273. The van der Waals surface area contributed by atoms with Crippen molar-refractivity contribution in [3.8, 4) is 0 Å². The molecule has 0 aliphatic rings. The highest BCUT2D eigenvalue weighted by atomic mass is 35.5. The average molecular weight is 198 g/mol. The molecule has 1 heterocycles. The van der Waals surface area contributed by atoms with E-state index in [2.05, 4.69) is 21.9 Å². The number of aromatic nitrogens is 2. The second-order valence-electron chi connectivity index (χ2n) is 2.72. The van der Waals surface area contributed by atoms with Crippen molar-refractivity contribution in [2.45, 2.75) is 13.8 Å². The summed E-state index contributed by atoms with van der Waals surface area (Å²) < 4.78 is 0. The summed E-state index contributed by atoms with van der Waals surface area (Å²) in [4.78, 5) is 8.10. The highest BCUT2D eigenvalue weighted by Gasteiger charge is 2.04. The Hall–Kier alpha value is -1.09. The van der Waals surface area contributed by atoms with E-state index in [0.717, 1.165) is 17.1 Å². The molecule has 0 fully saturated rings. The molecule has 1 aromatic rings. The van der Waals surface area contributed by atoms with Crippen molar-refractivity contribution in [2.24, 2.45) is 0 Å². The highest BCUT2D eigenvalue weighted by Crippen LogP contribution is 2.16. The number of aryl methyl sites for hydroxylation is 1. The third-order valence-corrected chi connectivity index (χ3v) is 1.94. The molecule has 0 saturated carbocycles. The fourth-order valence-corrected chi connectivity index (χ4v) is 1.15. The average Bonchev–Trinajstić information content (AvgIpc) is 2.09. The largest absolute Gasteiger partial charge is 0.366 e. The van der Waals surface area contributed by atoms with E-state index in [0.29, 0.717) is 6.54 Å². The van der Waals surface area contributed by atoms with E-state index in [1.54, 1.807) is 6.08 Å². The predicted molar refractivity (Wildman–Crippen MR) is 55.2 cm³/mol. The molecule has 0 spiro atoms. The minimum Gasteiger partial charge on any atom is -0.366 e. The van der Waals surface area contributed by atoms with Crippen LogP contribution in [-0.2, 0) is 0 Å². The zero-order valence-electron chi connectivity index (χ0n) is 7.76. The van der Waals surface area contributed by atoms with Gasteiger partial charge in [-0.25, -0.2) is 9.97 Å². The van der Waals surface area contributed by atoms with Gasteiger partial charge < -0.3 is 5.32 Å². The lowest BCUT2D eigenvalue weighted by Crippen LogP contribution is -2.05. The fraction of sp³-hybridized carbons (Fsp3) is 0.333. The molecule has 0 amide bonds. The number of anilines is 1. The molecule has 0 aliphatic heterocycles. The van der Waals surface area contributed by atoms with E-state index in [9.17, 15) is 0 Å². The molecule has 13 heavy (non-hydrogen) atoms. The van der Waals surface area contributed by atoms with Crippen molar-refractivity contribution in [1.29, 1.82) is 0 Å². The lowest BCUT2D eigenvalue weighted by atomic mass is 10.2. The van der Waals surface area contributed by atoms with Crippen LogP contribution in [0, 0.1) is 13.8 Å². The molecule has 3 nitrogen and oxygen atoms in total. The Kier molecular flexibility index (Phi) is 3.25. The predicted octanol–water partition coefficient (Wildman–Crippen LogP) is 2.34. The third-order valence-electron chi connectivity index (χ3n) is 1.78. The molecular formula is C9H12ClN3. The van der Waals surface area contributed by atoms with Gasteiger partial charge in [0.05, 0.1) is 0 Å². The van der Waals surface area contributed by atoms with Crippen molar-refractivity contribution >= 4 is 17.4 Å². The second-order valence-corrected chi connectivity index (χ2v) is 3.06. The van der Waals surface area contributed by atoms with E-state index in [-0.39, 0.29) is 5.28 Å². The molecule has 1 aromatic heterocycles. The first-order chi connectivity index (χ1) is 6.15. The van der Waals surface area contributed by atoms with E-state index < -0.39 is 0 Å². The molecule has 0 bridgehead atoms. The maximum Gasteiger partial charge on any atom is 0.224 e. The molecule has 0 atom stereocenters. The minimum absolute atomic E-state index is 0.273. The van der Waals surface area contributed by atoms with Crippen LogP contribution in [0.25, 0.3) is 0 Å². The number of hydrogen-bond acceptors (Lipinski definition) is 3. The Bertz CT molecular complexity index is 323. The van der Waals surface area contributed by atoms with Gasteiger partial charge in [-0.15, -0.1) is 6.58 Å². The topological polar surface area (TPSA) is 37.8 Å². The van der Waals surface area contributed by atoms with E-state index in [1.165, 1.54) is 0 Å². The molecule has 70 valence electrons. The van der Waals surface area contributed by atoms with Gasteiger partial charge in [0.25, 0.3) is 0 Å². The van der Waals surface area contributed by atoms with Gasteiger partial charge in [-0.1, -0.05) is 6.08 Å². The fourth-order valence-electron chi connectivity index (χ4n) is 0.936. The molecule has 0 radical (unpaired) electrons. The Morgan fingerprint density at radius 2 is 2.15 bits per heavy atom. The van der Waals surface area contributed by atoms with Crippen LogP contribution in [0.5, 0.6) is 0 Å². The first kappa shape index (κ1) is 9.99. The number of hydrogen-bond donors (Lipinski definition) is 1. The maximum atomic E-state index is 5.71. The van der Waals surface area contributed by atoms with Crippen LogP contribution < -0.4 is 5.32 Å². The molecule has 1 rings (SSSR count). The molecule has 0 aromatic carbocycles. The van der Waals surface area contributed by atoms with Gasteiger partial charge in [-0.05, 0) is 25.4 Å². The van der Waals surface area contributed by atoms with E-state index in [1.807, 2.05) is 13.8 Å². The summed E-state index contributed by atoms with van der Waals surface area (Å²) in [6.07, 6.45) is 1.77. The van der Waals surface area contributed by atoms with Gasteiger partial charge in [0.15, 0.2) is 0 Å². The lowest BCUT2D eigenvalue weighted by Gasteiger charge is -2.08. The van der Waals surface area contributed by atoms with Gasteiger partial charge in [0, 0.05) is 17.8 Å². The first-order valence-corrected chi connectivity index (χ1v) is 4.38. The maximum absolute atomic E-state index is 5.71. The van der Waals surface area contributed by atoms with Crippen molar-refractivity contribution in [3.05, 3.63) is 29.2 Å². The van der Waals surface area contributed by atoms with E-state index in [4.69, 9.17) is 11.6 Å². The van der Waals surface area contributed by atoms with Crippen LogP contribution in [0.1, 0.15) is 11.3 Å². The SMILES string of the molecule is C=CCNc1nc(Cl)nc(C)c1C. The zero-order valence-corrected chi connectivity index (χ0v) is 8.52. The zero-order chi connectivity index (χ0) is 9.84. The smallest absolute Gasteiger partial charge is 0.224 e. The number of halogens is 1. The van der Waals surface area contributed by atoms with Gasteiger partial charge >= 0.3 is 0 Å². The van der Waals surface area contributed by atoms with Crippen LogP contribution in [0.15, 0.2) is 12.7 Å². The van der Waals surface area contributed by atoms with Crippen LogP contribution in [0.3, 0.4) is 0 Å². The summed E-state index contributed by atoms with van der Waals surface area (Å²) in [6, 6.07) is 0. The molecule has 0 unspecified atom stereocenters. The molecule has 0 aliphatic carbocycles. The van der Waals surface area contributed by atoms with Crippen LogP contribution in [-0.4, -0.2) is 16.5 Å². The van der Waals surface area contributed by atoms with Gasteiger partial charge in [-0.3, -0.25) is 0 Å². The summed E-state index contributed by atoms with van der Waals surface area (Å²) in [5, 5.41) is 3.36. The Balaban J connectivity index is 2.98. The summed E-state index contributed by atoms with van der Waals surface area (Å²) in [5.41, 5.74) is 1.91. The van der Waals surface area contributed by atoms with Gasteiger partial charge in [0.1, 0.15) is 5.82 Å². The van der Waals surface area contributed by atoms with Crippen LogP contribution in [0.2, 0.25) is 5.28 Å². The number of nitrogens with one attached hydrogen (secondary N) is 1. The third kappa shape index (κ3) is 2.42. The summed E-state index contributed by atoms with van der Waals surface area (Å²) >= 11 is 5.71. The first-order valence-electron chi connectivity index (χ1n) is 4.00. The van der Waals surface area contributed by atoms with Crippen molar-refractivity contribution in [2.75, 3.05) is 11.9 Å². The monoisotopic (exact) mass is 197 g/mol. The second kappa shape index (κ2) is 4.23. The Morgan fingerprint density at radius 1 is 1.46 bits per heavy atom. The van der Waals surface area contributed by atoms with Gasteiger partial charge in [0.2, 0.25) is 5.28 Å². The Morgan fingerprint density at radius 3 is 2.77 bits per heavy atom. The molecule has 0 saturated heterocycles. The molecular weight excluding hydrogens is 186 g/mol. The standard InChI is InChI=1S/C9H12ClN3/c1-4-5-11-8-6(2)7(3)12-9(10)13-8/h4H,1,5H2,2-3H3,(H,11,12,13). The molecule has 4 heteroatoms. The summed E-state index contributed by atoms with van der Waals surface area (Å²) in [5.74, 6) is 0.775. The van der Waals surface area contributed by atoms with E-state index >= 15 is 0 Å². The highest BCUT2D eigenvalue weighted by molar-refractivity contribution is 6.28. The van der Waals surface area contributed by atoms with Crippen molar-refractivity contribution < 1.29 is 0 Å². The van der Waals surface area contributed by atoms with Crippen LogP contribution in [0.4, 0.5) is 5.82 Å². The Labute approximate surface area is 82.9 Å². The van der Waals surface area contributed by atoms with Crippen molar-refractivity contribution in [1.82, 2.24) is 9.97 Å². The lowest BCUT2D eigenvalue weighted by molar-refractivity contribution is 1.05. The van der Waals surface area contributed by atoms with Gasteiger partial charge in [-0.2, -0.15) is 0 Å². The number of rotatable bonds is 3. The van der Waals surface area contributed by atoms with Crippen LogP contribution >= 0.6 is 11.6 Å². The normalized spacial score (nSPS) is 9.77. The quantitative estimate of drug-likeness (QED) is 0.597. The summed E-state index contributed by atoms with van der Waals surface area (Å²) in [7, 11) is 0. The molecule has 1 N–H and O–H groups in total. The summed E-state index contributed by atoms with van der Waals surface area (Å²) in [6.45, 7) is 8.15.